The molecule has 1 unspecified atom stereocenters. The van der Waals surface area contributed by atoms with Gasteiger partial charge in [0.2, 0.25) is 11.8 Å². The summed E-state index contributed by atoms with van der Waals surface area (Å²) in [5.41, 5.74) is 0. The molecule has 26 heavy (non-hydrogen) atoms. The summed E-state index contributed by atoms with van der Waals surface area (Å²) in [6, 6.07) is 9.40. The van der Waals surface area contributed by atoms with Crippen LogP contribution in [0.3, 0.4) is 0 Å². The van der Waals surface area contributed by atoms with Crippen LogP contribution in [-0.4, -0.2) is 56.0 Å². The third kappa shape index (κ3) is 8.50. The molecule has 0 radical (unpaired) electrons. The van der Waals surface area contributed by atoms with Gasteiger partial charge in [-0.25, -0.2) is 0 Å². The normalized spacial score (nSPS) is 11.3. The van der Waals surface area contributed by atoms with Gasteiger partial charge in [0.15, 0.2) is 0 Å². The minimum Gasteiger partial charge on any atom is -0.494 e. The van der Waals surface area contributed by atoms with Crippen molar-refractivity contribution in [2.24, 2.45) is 5.92 Å². The largest absolute Gasteiger partial charge is 0.494 e. The Morgan fingerprint density at radius 3 is 2.50 bits per heavy atom. The van der Waals surface area contributed by atoms with Gasteiger partial charge in [-0.05, 0) is 18.6 Å². The van der Waals surface area contributed by atoms with Gasteiger partial charge >= 0.3 is 5.97 Å². The Morgan fingerprint density at radius 1 is 1.19 bits per heavy atom. The van der Waals surface area contributed by atoms with Crippen LogP contribution in [0.4, 0.5) is 0 Å². The monoisotopic (exact) mass is 364 g/mol. The topological polar surface area (TPSA) is 84.9 Å². The van der Waals surface area contributed by atoms with Crippen LogP contribution in [0.2, 0.25) is 0 Å². The van der Waals surface area contributed by atoms with E-state index in [2.05, 4.69) is 5.32 Å². The third-order valence-corrected chi connectivity index (χ3v) is 3.75. The van der Waals surface area contributed by atoms with Gasteiger partial charge in [0, 0.05) is 33.0 Å². The van der Waals surface area contributed by atoms with E-state index < -0.39 is 5.92 Å². The van der Waals surface area contributed by atoms with Crippen molar-refractivity contribution in [2.45, 2.75) is 26.7 Å². The predicted octanol–water partition coefficient (Wildman–Crippen LogP) is 1.62. The summed E-state index contributed by atoms with van der Waals surface area (Å²) in [5, 5.41) is 2.66. The molecule has 0 aliphatic heterocycles. The fourth-order valence-electron chi connectivity index (χ4n) is 2.38. The van der Waals surface area contributed by atoms with Crippen LogP contribution in [-0.2, 0) is 19.1 Å². The average Bonchev–Trinajstić information content (AvgIpc) is 2.64. The van der Waals surface area contributed by atoms with Gasteiger partial charge in [-0.2, -0.15) is 0 Å². The van der Waals surface area contributed by atoms with Crippen LogP contribution in [0, 0.1) is 5.92 Å². The lowest BCUT2D eigenvalue weighted by Crippen LogP contribution is -2.41. The number of hydrogen-bond acceptors (Lipinski definition) is 5. The maximum Gasteiger partial charge on any atom is 0.310 e. The fourth-order valence-corrected chi connectivity index (χ4v) is 2.38. The zero-order chi connectivity index (χ0) is 19.4. The van der Waals surface area contributed by atoms with E-state index in [4.69, 9.17) is 9.47 Å². The Balaban J connectivity index is 2.47. The van der Waals surface area contributed by atoms with E-state index in [0.717, 1.165) is 5.75 Å². The van der Waals surface area contributed by atoms with Gasteiger partial charge in [-0.15, -0.1) is 0 Å². The number of carbonyl (C=O) groups is 3. The molecule has 0 spiro atoms. The molecule has 0 fully saturated rings. The Labute approximate surface area is 154 Å². The highest BCUT2D eigenvalue weighted by Crippen LogP contribution is 2.10. The van der Waals surface area contributed by atoms with E-state index in [9.17, 15) is 14.4 Å². The van der Waals surface area contributed by atoms with Crippen molar-refractivity contribution in [3.8, 4) is 5.75 Å². The molecule has 1 aromatic carbocycles. The van der Waals surface area contributed by atoms with Crippen molar-refractivity contribution in [1.82, 2.24) is 10.2 Å². The maximum atomic E-state index is 12.5. The van der Waals surface area contributed by atoms with E-state index >= 15 is 0 Å². The SMILES string of the molecule is COC(=O)C(C)CN(CCNC(C)=O)C(=O)CCCOc1ccccc1. The van der Waals surface area contributed by atoms with Crippen molar-refractivity contribution < 1.29 is 23.9 Å². The van der Waals surface area contributed by atoms with E-state index in [1.807, 2.05) is 30.3 Å². The summed E-state index contributed by atoms with van der Waals surface area (Å²) < 4.78 is 10.3. The van der Waals surface area contributed by atoms with Crippen molar-refractivity contribution in [3.05, 3.63) is 30.3 Å². The van der Waals surface area contributed by atoms with Crippen LogP contribution in [0.15, 0.2) is 30.3 Å². The molecule has 2 amide bonds. The van der Waals surface area contributed by atoms with Crippen molar-refractivity contribution in [2.75, 3.05) is 33.4 Å². The first-order valence-electron chi connectivity index (χ1n) is 8.72. The van der Waals surface area contributed by atoms with Crippen molar-refractivity contribution >= 4 is 17.8 Å². The number of benzene rings is 1. The third-order valence-electron chi connectivity index (χ3n) is 3.75. The molecule has 0 aliphatic carbocycles. The molecule has 0 heterocycles. The van der Waals surface area contributed by atoms with Gasteiger partial charge in [-0.1, -0.05) is 25.1 Å². The first-order chi connectivity index (χ1) is 12.4. The summed E-state index contributed by atoms with van der Waals surface area (Å²) in [6.07, 6.45) is 0.873. The average molecular weight is 364 g/mol. The number of para-hydroxylation sites is 1. The van der Waals surface area contributed by atoms with Crippen LogP contribution < -0.4 is 10.1 Å². The zero-order valence-corrected chi connectivity index (χ0v) is 15.7. The number of ether oxygens (including phenoxy) is 2. The summed E-state index contributed by atoms with van der Waals surface area (Å²) in [7, 11) is 1.32. The lowest BCUT2D eigenvalue weighted by molar-refractivity contribution is -0.146. The molecule has 0 aliphatic rings. The number of methoxy groups -OCH3 is 1. The predicted molar refractivity (Wildman–Crippen MR) is 97.6 cm³/mol. The lowest BCUT2D eigenvalue weighted by Gasteiger charge is -2.25. The van der Waals surface area contributed by atoms with Gasteiger partial charge in [0.05, 0.1) is 19.6 Å². The molecule has 7 heteroatoms. The highest BCUT2D eigenvalue weighted by atomic mass is 16.5. The molecule has 1 N–H and O–H groups in total. The minimum atomic E-state index is -0.429. The van der Waals surface area contributed by atoms with Crippen LogP contribution >= 0.6 is 0 Å². The molecule has 0 aromatic heterocycles. The lowest BCUT2D eigenvalue weighted by atomic mass is 10.1. The van der Waals surface area contributed by atoms with Gasteiger partial charge < -0.3 is 19.7 Å². The summed E-state index contributed by atoms with van der Waals surface area (Å²) in [4.78, 5) is 36.7. The first-order valence-corrected chi connectivity index (χ1v) is 8.72. The molecule has 144 valence electrons. The number of nitrogens with zero attached hydrogens (tertiary/aromatic N) is 1. The van der Waals surface area contributed by atoms with E-state index in [1.165, 1.54) is 14.0 Å². The second kappa shape index (κ2) is 11.9. The molecule has 1 aromatic rings. The molecule has 1 rings (SSSR count). The van der Waals surface area contributed by atoms with Gasteiger partial charge in [0.1, 0.15) is 5.75 Å². The van der Waals surface area contributed by atoms with Crippen LogP contribution in [0.1, 0.15) is 26.7 Å². The minimum absolute atomic E-state index is 0.0808. The first kappa shape index (κ1) is 21.5. The number of nitrogens with one attached hydrogen (secondary N) is 1. The van der Waals surface area contributed by atoms with Crippen molar-refractivity contribution in [1.29, 1.82) is 0 Å². The second-order valence-corrected chi connectivity index (χ2v) is 6.01. The van der Waals surface area contributed by atoms with Gasteiger partial charge in [-0.3, -0.25) is 14.4 Å². The zero-order valence-electron chi connectivity index (χ0n) is 15.7. The highest BCUT2D eigenvalue weighted by Gasteiger charge is 2.21. The Morgan fingerprint density at radius 2 is 1.88 bits per heavy atom. The number of rotatable bonds is 11. The highest BCUT2D eigenvalue weighted by molar-refractivity contribution is 5.78. The molecule has 0 saturated carbocycles. The van der Waals surface area contributed by atoms with Crippen LogP contribution in [0.25, 0.3) is 0 Å². The Kier molecular flexibility index (Phi) is 9.82. The summed E-state index contributed by atoms with van der Waals surface area (Å²) >= 11 is 0. The number of amides is 2. The summed E-state index contributed by atoms with van der Waals surface area (Å²) in [6.45, 7) is 4.51. The van der Waals surface area contributed by atoms with E-state index in [1.54, 1.807) is 11.8 Å². The van der Waals surface area contributed by atoms with Gasteiger partial charge in [0.25, 0.3) is 0 Å². The summed E-state index contributed by atoms with van der Waals surface area (Å²) in [5.74, 6) is -0.268. The number of carbonyl (C=O) groups excluding carboxylic acids is 3. The van der Waals surface area contributed by atoms with E-state index in [-0.39, 0.29) is 24.3 Å². The van der Waals surface area contributed by atoms with Crippen molar-refractivity contribution in [3.63, 3.8) is 0 Å². The molecule has 0 saturated heterocycles. The van der Waals surface area contributed by atoms with E-state index in [0.29, 0.717) is 32.5 Å². The fraction of sp³-hybridized carbons (Fsp3) is 0.526. The number of esters is 1. The maximum absolute atomic E-state index is 12.5. The molecule has 0 bridgehead atoms. The molecule has 1 atom stereocenters. The second-order valence-electron chi connectivity index (χ2n) is 6.01. The Hall–Kier alpha value is -2.57. The molecular weight excluding hydrogens is 336 g/mol. The quantitative estimate of drug-likeness (QED) is 0.476. The number of hydrogen-bond donors (Lipinski definition) is 1. The Bertz CT molecular complexity index is 577. The molecular formula is C19H28N2O5. The smallest absolute Gasteiger partial charge is 0.310 e. The molecule has 7 nitrogen and oxygen atoms in total. The standard InChI is InChI=1S/C19H28N2O5/c1-15(19(24)25-3)14-21(12-11-20-16(2)22)18(23)10-7-13-26-17-8-5-4-6-9-17/h4-6,8-9,15H,7,10-14H2,1-3H3,(H,20,22). The van der Waals surface area contributed by atoms with Crippen LogP contribution in [0.5, 0.6) is 5.75 Å².